The predicted molar refractivity (Wildman–Crippen MR) is 106 cm³/mol. The zero-order valence-corrected chi connectivity index (χ0v) is 15.2. The Morgan fingerprint density at radius 1 is 0.929 bits per heavy atom. The highest BCUT2D eigenvalue weighted by Crippen LogP contribution is 2.27. The first kappa shape index (κ1) is 16.4. The Hall–Kier alpha value is -3.79. The molecule has 7 nitrogen and oxygen atoms in total. The van der Waals surface area contributed by atoms with Gasteiger partial charge in [-0.1, -0.05) is 18.2 Å². The molecule has 0 amide bonds. The summed E-state index contributed by atoms with van der Waals surface area (Å²) in [6.07, 6.45) is 3.43. The van der Waals surface area contributed by atoms with Gasteiger partial charge in [-0.3, -0.25) is 0 Å². The molecule has 5 rings (SSSR count). The lowest BCUT2D eigenvalue weighted by atomic mass is 10.2. The molecular formula is C21H18N6O. The number of hydrogen-bond donors (Lipinski definition) is 0. The number of anilines is 2. The van der Waals surface area contributed by atoms with Crippen LogP contribution in [0.4, 0.5) is 11.5 Å². The van der Waals surface area contributed by atoms with Gasteiger partial charge in [0.25, 0.3) is 0 Å². The van der Waals surface area contributed by atoms with Gasteiger partial charge in [-0.2, -0.15) is 10.4 Å². The molecule has 1 aliphatic rings. The molecule has 0 saturated carbocycles. The number of fused-ring (bicyclic) bond motifs is 1. The summed E-state index contributed by atoms with van der Waals surface area (Å²) in [6.45, 7) is 3.61. The molecule has 0 aliphatic carbocycles. The predicted octanol–water partition coefficient (Wildman–Crippen LogP) is 3.19. The number of piperazine rings is 1. The number of hydrogen-bond acceptors (Lipinski definition) is 6. The van der Waals surface area contributed by atoms with E-state index in [0.717, 1.165) is 32.0 Å². The zero-order chi connectivity index (χ0) is 18.9. The van der Waals surface area contributed by atoms with Gasteiger partial charge in [0.1, 0.15) is 23.1 Å². The largest absolute Gasteiger partial charge is 0.463 e. The van der Waals surface area contributed by atoms with Crippen LogP contribution in [0.25, 0.3) is 17.1 Å². The van der Waals surface area contributed by atoms with Crippen LogP contribution in [0.5, 0.6) is 0 Å². The van der Waals surface area contributed by atoms with Gasteiger partial charge in [0.2, 0.25) is 0 Å². The molecule has 1 saturated heterocycles. The number of rotatable bonds is 3. The molecule has 0 unspecified atom stereocenters. The second kappa shape index (κ2) is 6.74. The number of nitriles is 1. The maximum absolute atomic E-state index is 9.66. The first-order valence-electron chi connectivity index (χ1n) is 9.22. The Morgan fingerprint density at radius 2 is 1.71 bits per heavy atom. The lowest BCUT2D eigenvalue weighted by Crippen LogP contribution is -2.46. The van der Waals surface area contributed by atoms with Crippen LogP contribution in [0.3, 0.4) is 0 Å². The highest BCUT2D eigenvalue weighted by Gasteiger charge is 2.21. The minimum atomic E-state index is 0.430. The average Bonchev–Trinajstić information content (AvgIpc) is 3.41. The van der Waals surface area contributed by atoms with E-state index >= 15 is 0 Å². The second-order valence-corrected chi connectivity index (χ2v) is 6.68. The SMILES string of the molecule is N#Cc1c(-c2ccco2)nn2ccc(N3CCN(c4ccccc4)CC3)nc12. The van der Waals surface area contributed by atoms with E-state index < -0.39 is 0 Å². The van der Waals surface area contributed by atoms with Crippen molar-refractivity contribution < 1.29 is 4.42 Å². The molecule has 0 bridgehead atoms. The Kier molecular flexibility index (Phi) is 3.95. The molecule has 7 heteroatoms. The molecular weight excluding hydrogens is 352 g/mol. The molecule has 0 radical (unpaired) electrons. The van der Waals surface area contributed by atoms with Gasteiger partial charge < -0.3 is 14.2 Å². The molecule has 4 aromatic rings. The van der Waals surface area contributed by atoms with Crippen molar-refractivity contribution in [2.45, 2.75) is 0 Å². The first-order chi connectivity index (χ1) is 13.8. The summed E-state index contributed by atoms with van der Waals surface area (Å²) in [5.74, 6) is 1.43. The van der Waals surface area contributed by atoms with Crippen LogP contribution in [-0.4, -0.2) is 40.8 Å². The summed E-state index contributed by atoms with van der Waals surface area (Å²) in [7, 11) is 0. The van der Waals surface area contributed by atoms with E-state index in [9.17, 15) is 5.26 Å². The molecule has 0 atom stereocenters. The third kappa shape index (κ3) is 2.76. The fourth-order valence-corrected chi connectivity index (χ4v) is 3.62. The van der Waals surface area contributed by atoms with Gasteiger partial charge in [-0.05, 0) is 30.3 Å². The molecule has 4 heterocycles. The third-order valence-electron chi connectivity index (χ3n) is 5.06. The van der Waals surface area contributed by atoms with Crippen molar-refractivity contribution in [3.05, 3.63) is 66.6 Å². The van der Waals surface area contributed by atoms with Gasteiger partial charge in [0.15, 0.2) is 11.4 Å². The monoisotopic (exact) mass is 370 g/mol. The van der Waals surface area contributed by atoms with Crippen molar-refractivity contribution in [1.82, 2.24) is 14.6 Å². The Bertz CT molecular complexity index is 1140. The van der Waals surface area contributed by atoms with Gasteiger partial charge in [0, 0.05) is 38.1 Å². The van der Waals surface area contributed by atoms with E-state index in [0.29, 0.717) is 22.7 Å². The minimum absolute atomic E-state index is 0.430. The maximum atomic E-state index is 9.66. The van der Waals surface area contributed by atoms with Gasteiger partial charge in [-0.25, -0.2) is 9.50 Å². The van der Waals surface area contributed by atoms with Gasteiger partial charge >= 0.3 is 0 Å². The Balaban J connectivity index is 1.42. The summed E-state index contributed by atoms with van der Waals surface area (Å²) in [4.78, 5) is 9.37. The molecule has 1 aliphatic heterocycles. The maximum Gasteiger partial charge on any atom is 0.175 e. The third-order valence-corrected chi connectivity index (χ3v) is 5.06. The normalized spacial score (nSPS) is 14.4. The van der Waals surface area contributed by atoms with Crippen LogP contribution in [-0.2, 0) is 0 Å². The lowest BCUT2D eigenvalue weighted by Gasteiger charge is -2.36. The number of benzene rings is 1. The van der Waals surface area contributed by atoms with Crippen molar-refractivity contribution in [1.29, 1.82) is 5.26 Å². The topological polar surface area (TPSA) is 73.6 Å². The molecule has 138 valence electrons. The van der Waals surface area contributed by atoms with Crippen molar-refractivity contribution in [3.63, 3.8) is 0 Å². The van der Waals surface area contributed by atoms with Crippen LogP contribution in [0.15, 0.2) is 65.4 Å². The first-order valence-corrected chi connectivity index (χ1v) is 9.22. The molecule has 0 spiro atoms. The Labute approximate surface area is 162 Å². The van der Waals surface area contributed by atoms with Gasteiger partial charge in [0.05, 0.1) is 6.26 Å². The number of furan rings is 1. The van der Waals surface area contributed by atoms with E-state index in [4.69, 9.17) is 9.40 Å². The summed E-state index contributed by atoms with van der Waals surface area (Å²) < 4.78 is 7.06. The quantitative estimate of drug-likeness (QED) is 0.551. The summed E-state index contributed by atoms with van der Waals surface area (Å²) >= 11 is 0. The van der Waals surface area contributed by atoms with Crippen LogP contribution >= 0.6 is 0 Å². The number of nitrogens with zero attached hydrogens (tertiary/aromatic N) is 6. The molecule has 0 N–H and O–H groups in total. The molecule has 3 aromatic heterocycles. The highest BCUT2D eigenvalue weighted by atomic mass is 16.3. The standard InChI is InChI=1S/C21H18N6O/c22-15-17-20(18-7-4-14-28-18)24-27-9-8-19(23-21(17)27)26-12-10-25(11-13-26)16-5-2-1-3-6-16/h1-9,14H,10-13H2. The van der Waals surface area contributed by atoms with Crippen LogP contribution < -0.4 is 9.80 Å². The Morgan fingerprint density at radius 3 is 2.43 bits per heavy atom. The van der Waals surface area contributed by atoms with Crippen molar-refractivity contribution in [3.8, 4) is 17.5 Å². The number of para-hydroxylation sites is 1. The second-order valence-electron chi connectivity index (χ2n) is 6.68. The van der Waals surface area contributed by atoms with Crippen LogP contribution in [0.1, 0.15) is 5.56 Å². The fourth-order valence-electron chi connectivity index (χ4n) is 3.62. The van der Waals surface area contributed by atoms with E-state index in [2.05, 4.69) is 45.2 Å². The lowest BCUT2D eigenvalue weighted by molar-refractivity contribution is 0.579. The van der Waals surface area contributed by atoms with Crippen LogP contribution in [0, 0.1) is 11.3 Å². The molecule has 28 heavy (non-hydrogen) atoms. The molecule has 1 fully saturated rings. The average molecular weight is 370 g/mol. The number of aromatic nitrogens is 3. The summed E-state index contributed by atoms with van der Waals surface area (Å²) in [5, 5.41) is 14.1. The van der Waals surface area contributed by atoms with Crippen molar-refractivity contribution >= 4 is 17.2 Å². The smallest absolute Gasteiger partial charge is 0.175 e. The fraction of sp³-hybridized carbons (Fsp3) is 0.190. The van der Waals surface area contributed by atoms with E-state index in [1.807, 2.05) is 18.3 Å². The molecule has 1 aromatic carbocycles. The minimum Gasteiger partial charge on any atom is -0.463 e. The van der Waals surface area contributed by atoms with E-state index in [1.54, 1.807) is 22.9 Å². The zero-order valence-electron chi connectivity index (χ0n) is 15.2. The van der Waals surface area contributed by atoms with Crippen LogP contribution in [0.2, 0.25) is 0 Å². The summed E-state index contributed by atoms with van der Waals surface area (Å²) in [6, 6.07) is 18.2. The van der Waals surface area contributed by atoms with Gasteiger partial charge in [-0.15, -0.1) is 0 Å². The van der Waals surface area contributed by atoms with E-state index in [1.165, 1.54) is 5.69 Å². The van der Waals surface area contributed by atoms with Crippen molar-refractivity contribution in [2.75, 3.05) is 36.0 Å². The van der Waals surface area contributed by atoms with E-state index in [-0.39, 0.29) is 0 Å². The summed E-state index contributed by atoms with van der Waals surface area (Å²) in [5.41, 5.74) is 2.75. The highest BCUT2D eigenvalue weighted by molar-refractivity contribution is 5.73. The van der Waals surface area contributed by atoms with Crippen molar-refractivity contribution in [2.24, 2.45) is 0 Å².